The quantitative estimate of drug-likeness (QED) is 0.868. The van der Waals surface area contributed by atoms with Crippen molar-refractivity contribution in [1.82, 2.24) is 15.8 Å². The van der Waals surface area contributed by atoms with Crippen LogP contribution < -0.4 is 10.6 Å². The number of hydrogen-bond acceptors (Lipinski definition) is 4. The maximum atomic E-state index is 11.9. The topological polar surface area (TPSA) is 67.2 Å². The van der Waals surface area contributed by atoms with Gasteiger partial charge in [-0.15, -0.1) is 0 Å². The number of nitrogens with one attached hydrogen (secondary N) is 2. The van der Waals surface area contributed by atoms with Crippen molar-refractivity contribution in [3.63, 3.8) is 0 Å². The minimum Gasteiger partial charge on any atom is -0.355 e. The number of carbonyl (C=O) groups excluding carboxylic acids is 1. The van der Waals surface area contributed by atoms with E-state index in [2.05, 4.69) is 15.8 Å². The molecule has 1 fully saturated rings. The van der Waals surface area contributed by atoms with Gasteiger partial charge in [0.25, 0.3) is 5.91 Å². The van der Waals surface area contributed by atoms with Crippen molar-refractivity contribution in [2.45, 2.75) is 6.42 Å². The summed E-state index contributed by atoms with van der Waals surface area (Å²) >= 11 is 0. The van der Waals surface area contributed by atoms with Crippen LogP contribution in [0.3, 0.4) is 0 Å². The molecular weight excluding hydrogens is 254 g/mol. The van der Waals surface area contributed by atoms with Crippen LogP contribution in [0.25, 0.3) is 11.3 Å². The van der Waals surface area contributed by atoms with Crippen molar-refractivity contribution in [2.75, 3.05) is 19.6 Å². The molecule has 0 atom stereocenters. The summed E-state index contributed by atoms with van der Waals surface area (Å²) in [6, 6.07) is 11.3. The lowest BCUT2D eigenvalue weighted by atomic mass is 10.00. The van der Waals surface area contributed by atoms with Crippen molar-refractivity contribution in [3.05, 3.63) is 42.1 Å². The highest BCUT2D eigenvalue weighted by molar-refractivity contribution is 5.93. The minimum absolute atomic E-state index is 0.178. The lowest BCUT2D eigenvalue weighted by Gasteiger charge is -2.26. The molecule has 5 heteroatoms. The third-order valence-electron chi connectivity index (χ3n) is 3.51. The summed E-state index contributed by atoms with van der Waals surface area (Å²) in [4.78, 5) is 11.9. The van der Waals surface area contributed by atoms with Gasteiger partial charge in [-0.2, -0.15) is 0 Å². The molecule has 1 saturated heterocycles. The van der Waals surface area contributed by atoms with Crippen LogP contribution in [-0.2, 0) is 0 Å². The van der Waals surface area contributed by atoms with E-state index in [1.54, 1.807) is 6.07 Å². The van der Waals surface area contributed by atoms with Crippen LogP contribution in [0.15, 0.2) is 40.9 Å². The van der Waals surface area contributed by atoms with Gasteiger partial charge in [-0.3, -0.25) is 4.79 Å². The van der Waals surface area contributed by atoms with E-state index >= 15 is 0 Å². The number of amides is 1. The molecule has 0 unspecified atom stereocenters. The third-order valence-corrected chi connectivity index (χ3v) is 3.51. The molecule has 0 spiro atoms. The van der Waals surface area contributed by atoms with Crippen molar-refractivity contribution in [3.8, 4) is 11.3 Å². The van der Waals surface area contributed by atoms with Gasteiger partial charge in [-0.1, -0.05) is 35.5 Å². The third kappa shape index (κ3) is 2.88. The highest BCUT2D eigenvalue weighted by Crippen LogP contribution is 2.19. The SMILES string of the molecule is O=C(NCCC1CNC1)c1cc(-c2ccccc2)on1. The molecule has 1 aromatic carbocycles. The molecule has 2 N–H and O–H groups in total. The Labute approximate surface area is 117 Å². The molecule has 0 saturated carbocycles. The van der Waals surface area contributed by atoms with Gasteiger partial charge in [0.05, 0.1) is 0 Å². The van der Waals surface area contributed by atoms with Gasteiger partial charge < -0.3 is 15.2 Å². The Morgan fingerprint density at radius 1 is 1.35 bits per heavy atom. The molecule has 2 aromatic rings. The van der Waals surface area contributed by atoms with Crippen LogP contribution >= 0.6 is 0 Å². The lowest BCUT2D eigenvalue weighted by Crippen LogP contribution is -2.43. The van der Waals surface area contributed by atoms with Gasteiger partial charge in [0, 0.05) is 18.2 Å². The fourth-order valence-electron chi connectivity index (χ4n) is 2.15. The van der Waals surface area contributed by atoms with Crippen molar-refractivity contribution in [2.24, 2.45) is 5.92 Å². The highest BCUT2D eigenvalue weighted by atomic mass is 16.5. The number of carbonyl (C=O) groups is 1. The zero-order valence-corrected chi connectivity index (χ0v) is 11.1. The summed E-state index contributed by atoms with van der Waals surface area (Å²) in [6.45, 7) is 2.79. The maximum absolute atomic E-state index is 11.9. The van der Waals surface area contributed by atoms with Gasteiger partial charge in [0.15, 0.2) is 11.5 Å². The number of rotatable bonds is 5. The first-order valence-corrected chi connectivity index (χ1v) is 6.84. The molecule has 0 aliphatic carbocycles. The summed E-state index contributed by atoms with van der Waals surface area (Å²) in [6.07, 6.45) is 1.00. The standard InChI is InChI=1S/C15H17N3O2/c19-15(17-7-6-11-9-16-10-11)13-8-14(20-18-13)12-4-2-1-3-5-12/h1-5,8,11,16H,6-7,9-10H2,(H,17,19). The van der Waals surface area contributed by atoms with E-state index in [1.165, 1.54) is 0 Å². The molecule has 2 heterocycles. The Hall–Kier alpha value is -2.14. The molecule has 1 aliphatic heterocycles. The number of benzene rings is 1. The Morgan fingerprint density at radius 2 is 2.15 bits per heavy atom. The van der Waals surface area contributed by atoms with Gasteiger partial charge in [0.2, 0.25) is 0 Å². The molecule has 5 nitrogen and oxygen atoms in total. The number of nitrogens with zero attached hydrogens (tertiary/aromatic N) is 1. The van der Waals surface area contributed by atoms with E-state index in [9.17, 15) is 4.79 Å². The largest absolute Gasteiger partial charge is 0.355 e. The molecule has 1 aliphatic rings. The molecule has 104 valence electrons. The van der Waals surface area contributed by atoms with Crippen LogP contribution in [-0.4, -0.2) is 30.7 Å². The average molecular weight is 271 g/mol. The van der Waals surface area contributed by atoms with Crippen LogP contribution in [0.2, 0.25) is 0 Å². The molecular formula is C15H17N3O2. The highest BCUT2D eigenvalue weighted by Gasteiger charge is 2.17. The molecule has 0 bridgehead atoms. The lowest BCUT2D eigenvalue weighted by molar-refractivity contribution is 0.0941. The van der Waals surface area contributed by atoms with Gasteiger partial charge >= 0.3 is 0 Å². The summed E-state index contributed by atoms with van der Waals surface area (Å²) in [5, 5.41) is 9.91. The smallest absolute Gasteiger partial charge is 0.273 e. The predicted molar refractivity (Wildman–Crippen MR) is 75.2 cm³/mol. The maximum Gasteiger partial charge on any atom is 0.273 e. The molecule has 3 rings (SSSR count). The van der Waals surface area contributed by atoms with Crippen molar-refractivity contribution in [1.29, 1.82) is 0 Å². The molecule has 0 radical (unpaired) electrons. The Kier molecular flexibility index (Phi) is 3.78. The second kappa shape index (κ2) is 5.88. The van der Waals surface area contributed by atoms with E-state index in [1.807, 2.05) is 30.3 Å². The summed E-state index contributed by atoms with van der Waals surface area (Å²) in [7, 11) is 0. The molecule has 20 heavy (non-hydrogen) atoms. The predicted octanol–water partition coefficient (Wildman–Crippen LogP) is 1.68. The van der Waals surface area contributed by atoms with Gasteiger partial charge in [0.1, 0.15) is 0 Å². The summed E-state index contributed by atoms with van der Waals surface area (Å²) in [5.74, 6) is 1.12. The Bertz CT molecular complexity index is 576. The Balaban J connectivity index is 1.57. The first-order valence-electron chi connectivity index (χ1n) is 6.84. The first kappa shape index (κ1) is 12.9. The zero-order valence-electron chi connectivity index (χ0n) is 11.1. The van der Waals surface area contributed by atoms with E-state index in [-0.39, 0.29) is 5.91 Å². The zero-order chi connectivity index (χ0) is 13.8. The number of hydrogen-bond donors (Lipinski definition) is 2. The van der Waals surface area contributed by atoms with Gasteiger partial charge in [-0.25, -0.2) is 0 Å². The molecule has 1 aromatic heterocycles. The average Bonchev–Trinajstić information content (AvgIpc) is 2.92. The normalized spacial score (nSPS) is 14.8. The monoisotopic (exact) mass is 271 g/mol. The van der Waals surface area contributed by atoms with E-state index < -0.39 is 0 Å². The van der Waals surface area contributed by atoms with Crippen LogP contribution in [0.1, 0.15) is 16.9 Å². The van der Waals surface area contributed by atoms with Crippen LogP contribution in [0.4, 0.5) is 0 Å². The second-order valence-corrected chi connectivity index (χ2v) is 5.01. The fourth-order valence-corrected chi connectivity index (χ4v) is 2.15. The van der Waals surface area contributed by atoms with E-state index in [4.69, 9.17) is 4.52 Å². The first-order chi connectivity index (χ1) is 9.83. The van der Waals surface area contributed by atoms with Crippen LogP contribution in [0.5, 0.6) is 0 Å². The number of aromatic nitrogens is 1. The van der Waals surface area contributed by atoms with Crippen LogP contribution in [0, 0.1) is 5.92 Å². The van der Waals surface area contributed by atoms with E-state index in [0.29, 0.717) is 23.9 Å². The summed E-state index contributed by atoms with van der Waals surface area (Å²) < 4.78 is 5.21. The van der Waals surface area contributed by atoms with Crippen molar-refractivity contribution >= 4 is 5.91 Å². The fraction of sp³-hybridized carbons (Fsp3) is 0.333. The molecule has 1 amide bonds. The minimum atomic E-state index is -0.178. The van der Waals surface area contributed by atoms with Crippen molar-refractivity contribution < 1.29 is 9.32 Å². The summed E-state index contributed by atoms with van der Waals surface area (Å²) in [5.41, 5.74) is 1.25. The Morgan fingerprint density at radius 3 is 2.85 bits per heavy atom. The van der Waals surface area contributed by atoms with E-state index in [0.717, 1.165) is 25.1 Å². The van der Waals surface area contributed by atoms with Gasteiger partial charge in [-0.05, 0) is 25.4 Å². The second-order valence-electron chi connectivity index (χ2n) is 5.01.